The van der Waals surface area contributed by atoms with Crippen molar-refractivity contribution in [1.29, 1.82) is 0 Å². The molecule has 2 aromatic carbocycles. The molecular formula is C22H26N6O2. The average Bonchev–Trinajstić information content (AvgIpc) is 3.15. The molecule has 0 bridgehead atoms. The van der Waals surface area contributed by atoms with Gasteiger partial charge in [0, 0.05) is 11.1 Å². The fourth-order valence-corrected chi connectivity index (χ4v) is 2.57. The molecule has 0 aliphatic heterocycles. The Morgan fingerprint density at radius 3 is 2.03 bits per heavy atom. The first-order valence-electron chi connectivity index (χ1n) is 9.77. The predicted octanol–water partition coefficient (Wildman–Crippen LogP) is 4.18. The summed E-state index contributed by atoms with van der Waals surface area (Å²) in [5, 5.41) is 16.6. The lowest BCUT2D eigenvalue weighted by Gasteiger charge is -2.11. The van der Waals surface area contributed by atoms with Gasteiger partial charge in [-0.3, -0.25) is 0 Å². The van der Waals surface area contributed by atoms with Crippen LogP contribution in [0.15, 0.2) is 65.1 Å². The van der Waals surface area contributed by atoms with Crippen molar-refractivity contribution in [2.45, 2.75) is 39.9 Å². The van der Waals surface area contributed by atoms with Crippen molar-refractivity contribution in [1.82, 2.24) is 14.9 Å². The number of hydrogen-bond acceptors (Lipinski definition) is 7. The number of nitrogens with one attached hydrogen (secondary N) is 1. The SMILES string of the molecule is CC(C)Oc1ccccc1C=NNc1nncn1/N=C/c1ccccc1OC(C)C. The van der Waals surface area contributed by atoms with Gasteiger partial charge in [0.15, 0.2) is 0 Å². The van der Waals surface area contributed by atoms with Gasteiger partial charge < -0.3 is 9.47 Å². The molecule has 0 spiro atoms. The molecule has 0 radical (unpaired) electrons. The Kier molecular flexibility index (Phi) is 7.15. The molecular weight excluding hydrogens is 380 g/mol. The number of hydrogen-bond donors (Lipinski definition) is 1. The zero-order valence-electron chi connectivity index (χ0n) is 17.6. The topological polar surface area (TPSA) is 85.9 Å². The molecule has 8 heteroatoms. The van der Waals surface area contributed by atoms with Crippen LogP contribution in [-0.2, 0) is 0 Å². The van der Waals surface area contributed by atoms with E-state index >= 15 is 0 Å². The van der Waals surface area contributed by atoms with E-state index in [1.807, 2.05) is 76.2 Å². The van der Waals surface area contributed by atoms with Crippen molar-refractivity contribution in [2.75, 3.05) is 5.43 Å². The van der Waals surface area contributed by atoms with Crippen LogP contribution in [0, 0.1) is 0 Å². The Morgan fingerprint density at radius 1 is 0.867 bits per heavy atom. The summed E-state index contributed by atoms with van der Waals surface area (Å²) in [6.07, 6.45) is 5.01. The lowest BCUT2D eigenvalue weighted by Crippen LogP contribution is -2.07. The van der Waals surface area contributed by atoms with Crippen molar-refractivity contribution in [3.8, 4) is 11.5 Å². The molecule has 0 saturated heterocycles. The van der Waals surface area contributed by atoms with Crippen LogP contribution in [0.4, 0.5) is 5.95 Å². The molecule has 8 nitrogen and oxygen atoms in total. The van der Waals surface area contributed by atoms with Crippen molar-refractivity contribution in [3.63, 3.8) is 0 Å². The molecule has 3 aromatic rings. The molecule has 1 aromatic heterocycles. The van der Waals surface area contributed by atoms with Gasteiger partial charge in [-0.2, -0.15) is 14.9 Å². The van der Waals surface area contributed by atoms with Crippen molar-refractivity contribution in [3.05, 3.63) is 66.0 Å². The number of ether oxygens (including phenoxy) is 2. The maximum Gasteiger partial charge on any atom is 0.265 e. The largest absolute Gasteiger partial charge is 0.490 e. The Bertz CT molecular complexity index is 1010. The second kappa shape index (κ2) is 10.2. The maximum absolute atomic E-state index is 5.82. The first kappa shape index (κ1) is 21.0. The van der Waals surface area contributed by atoms with Crippen molar-refractivity contribution in [2.24, 2.45) is 10.2 Å². The molecule has 0 aliphatic rings. The van der Waals surface area contributed by atoms with E-state index in [2.05, 4.69) is 25.8 Å². The summed E-state index contributed by atoms with van der Waals surface area (Å²) in [4.78, 5) is 0. The van der Waals surface area contributed by atoms with Gasteiger partial charge in [-0.1, -0.05) is 24.3 Å². The van der Waals surface area contributed by atoms with Crippen molar-refractivity contribution >= 4 is 18.4 Å². The summed E-state index contributed by atoms with van der Waals surface area (Å²) in [6.45, 7) is 7.93. The number of nitrogens with zero attached hydrogens (tertiary/aromatic N) is 5. The van der Waals surface area contributed by atoms with Gasteiger partial charge >= 0.3 is 0 Å². The fourth-order valence-electron chi connectivity index (χ4n) is 2.57. The van der Waals surface area contributed by atoms with Gasteiger partial charge in [-0.05, 0) is 52.0 Å². The molecule has 0 saturated carbocycles. The Labute approximate surface area is 176 Å². The Hall–Kier alpha value is -3.68. The van der Waals surface area contributed by atoms with E-state index < -0.39 is 0 Å². The van der Waals surface area contributed by atoms with Crippen LogP contribution in [0.1, 0.15) is 38.8 Å². The first-order chi connectivity index (χ1) is 14.5. The third-order valence-electron chi connectivity index (χ3n) is 3.78. The molecule has 1 heterocycles. The number of hydrazone groups is 1. The molecule has 0 aliphatic carbocycles. The zero-order valence-corrected chi connectivity index (χ0v) is 17.6. The molecule has 3 rings (SSSR count). The number of rotatable bonds is 9. The highest BCUT2D eigenvalue weighted by Crippen LogP contribution is 2.18. The van der Waals surface area contributed by atoms with Gasteiger partial charge in [0.2, 0.25) is 0 Å². The van der Waals surface area contributed by atoms with Crippen LogP contribution in [0.3, 0.4) is 0 Å². The van der Waals surface area contributed by atoms with E-state index in [1.54, 1.807) is 12.4 Å². The highest BCUT2D eigenvalue weighted by atomic mass is 16.5. The summed E-state index contributed by atoms with van der Waals surface area (Å²) in [5.41, 5.74) is 4.57. The van der Waals surface area contributed by atoms with E-state index in [-0.39, 0.29) is 12.2 Å². The monoisotopic (exact) mass is 406 g/mol. The average molecular weight is 406 g/mol. The number of benzene rings is 2. The molecule has 0 unspecified atom stereocenters. The Morgan fingerprint density at radius 2 is 1.43 bits per heavy atom. The van der Waals surface area contributed by atoms with E-state index in [1.165, 1.54) is 11.0 Å². The third kappa shape index (κ3) is 5.91. The predicted molar refractivity (Wildman–Crippen MR) is 119 cm³/mol. The number of anilines is 1. The first-order valence-corrected chi connectivity index (χ1v) is 9.77. The van der Waals surface area contributed by atoms with Crippen LogP contribution < -0.4 is 14.9 Å². The number of para-hydroxylation sites is 2. The molecule has 156 valence electrons. The van der Waals surface area contributed by atoms with E-state index in [0.29, 0.717) is 5.95 Å². The fraction of sp³-hybridized carbons (Fsp3) is 0.273. The quantitative estimate of drug-likeness (QED) is 0.426. The summed E-state index contributed by atoms with van der Waals surface area (Å²) in [6, 6.07) is 15.4. The second-order valence-electron chi connectivity index (χ2n) is 7.02. The molecule has 0 atom stereocenters. The zero-order chi connectivity index (χ0) is 21.3. The normalized spacial score (nSPS) is 11.7. The molecule has 1 N–H and O–H groups in total. The minimum absolute atomic E-state index is 0.0728. The van der Waals surface area contributed by atoms with E-state index in [9.17, 15) is 0 Å². The van der Waals surface area contributed by atoms with Gasteiger partial charge in [0.1, 0.15) is 17.8 Å². The highest BCUT2D eigenvalue weighted by molar-refractivity contribution is 5.84. The second-order valence-corrected chi connectivity index (χ2v) is 7.02. The van der Waals surface area contributed by atoms with Gasteiger partial charge in [0.05, 0.1) is 24.6 Å². The van der Waals surface area contributed by atoms with Gasteiger partial charge in [-0.15, -0.1) is 10.2 Å². The van der Waals surface area contributed by atoms with Crippen LogP contribution >= 0.6 is 0 Å². The van der Waals surface area contributed by atoms with E-state index in [0.717, 1.165) is 22.6 Å². The van der Waals surface area contributed by atoms with Crippen LogP contribution in [0.5, 0.6) is 11.5 Å². The summed E-state index contributed by atoms with van der Waals surface area (Å²) < 4.78 is 13.1. The third-order valence-corrected chi connectivity index (χ3v) is 3.78. The van der Waals surface area contributed by atoms with Crippen molar-refractivity contribution < 1.29 is 9.47 Å². The lowest BCUT2D eigenvalue weighted by molar-refractivity contribution is 0.242. The minimum atomic E-state index is 0.0728. The molecule has 30 heavy (non-hydrogen) atoms. The van der Waals surface area contributed by atoms with Gasteiger partial charge in [0.25, 0.3) is 5.95 Å². The highest BCUT2D eigenvalue weighted by Gasteiger charge is 2.06. The summed E-state index contributed by atoms with van der Waals surface area (Å²) in [7, 11) is 0. The smallest absolute Gasteiger partial charge is 0.265 e. The Balaban J connectivity index is 1.72. The van der Waals surface area contributed by atoms with Crippen LogP contribution in [0.2, 0.25) is 0 Å². The standard InChI is InChI=1S/C22H26N6O2/c1-16(2)29-20-11-7-5-9-18(20)13-23-26-22-27-24-15-28(22)25-14-19-10-6-8-12-21(19)30-17(3)4/h5-17H,1-4H3,(H,26,27)/b23-13?,25-14+. The lowest BCUT2D eigenvalue weighted by atomic mass is 10.2. The molecule has 0 amide bonds. The van der Waals surface area contributed by atoms with E-state index in [4.69, 9.17) is 9.47 Å². The summed E-state index contributed by atoms with van der Waals surface area (Å²) >= 11 is 0. The molecule has 0 fully saturated rings. The van der Waals surface area contributed by atoms with Crippen LogP contribution in [0.25, 0.3) is 0 Å². The minimum Gasteiger partial charge on any atom is -0.490 e. The van der Waals surface area contributed by atoms with Gasteiger partial charge in [-0.25, -0.2) is 5.43 Å². The maximum atomic E-state index is 5.82. The van der Waals surface area contributed by atoms with Crippen LogP contribution in [-0.4, -0.2) is 39.5 Å². The summed E-state index contributed by atoms with van der Waals surface area (Å²) in [5.74, 6) is 1.91. The number of aromatic nitrogens is 3.